The number of benzene rings is 2. The van der Waals surface area contributed by atoms with Gasteiger partial charge in [-0.15, -0.1) is 0 Å². The van der Waals surface area contributed by atoms with E-state index in [0.29, 0.717) is 0 Å². The second-order valence-corrected chi connectivity index (χ2v) is 11.5. The quantitative estimate of drug-likeness (QED) is 0.189. The zero-order chi connectivity index (χ0) is 32.1. The molecule has 0 amide bonds. The van der Waals surface area contributed by atoms with Crippen LogP contribution < -0.4 is 18.3 Å². The molecule has 0 unspecified atom stereocenters. The highest BCUT2D eigenvalue weighted by Gasteiger charge is 2.14. The standard InChI is InChI=1S/C42H32N6/c1-5-41(6-2-39(1)45-25-13-35(14-26-45)33-9-21-43-22-10-33)47-29-17-37(18-30-47)38-19-31-48(32-20-38)42-7-3-40(4-8-42)46-27-15-36(16-28-46)34-11-23-44-24-12-34/h1-32H/q+4. The van der Waals surface area contributed by atoms with Crippen LogP contribution in [0.5, 0.6) is 0 Å². The van der Waals surface area contributed by atoms with Gasteiger partial charge in [-0.2, -0.15) is 18.3 Å². The Balaban J connectivity index is 0.921. The fourth-order valence-electron chi connectivity index (χ4n) is 5.85. The highest BCUT2D eigenvalue weighted by atomic mass is 15.0. The predicted molar refractivity (Wildman–Crippen MR) is 184 cm³/mol. The van der Waals surface area contributed by atoms with E-state index in [4.69, 9.17) is 0 Å². The Bertz CT molecular complexity index is 2080. The van der Waals surface area contributed by atoms with Crippen molar-refractivity contribution in [1.29, 1.82) is 0 Å². The van der Waals surface area contributed by atoms with E-state index in [1.165, 1.54) is 22.3 Å². The lowest BCUT2D eigenvalue weighted by Crippen LogP contribution is -2.32. The highest BCUT2D eigenvalue weighted by molar-refractivity contribution is 5.63. The monoisotopic (exact) mass is 620 g/mol. The molecule has 0 N–H and O–H groups in total. The third-order valence-corrected chi connectivity index (χ3v) is 8.57. The van der Waals surface area contributed by atoms with E-state index in [1.807, 2.05) is 49.1 Å². The highest BCUT2D eigenvalue weighted by Crippen LogP contribution is 2.19. The molecular formula is C42H32N6+4. The van der Waals surface area contributed by atoms with Crippen molar-refractivity contribution < 1.29 is 18.3 Å². The largest absolute Gasteiger partial charge is 0.265 e. The first-order valence-electron chi connectivity index (χ1n) is 15.8. The van der Waals surface area contributed by atoms with E-state index in [9.17, 15) is 0 Å². The van der Waals surface area contributed by atoms with Gasteiger partial charge < -0.3 is 0 Å². The van der Waals surface area contributed by atoms with Gasteiger partial charge in [0.05, 0.1) is 0 Å². The van der Waals surface area contributed by atoms with Gasteiger partial charge in [0, 0.05) is 122 Å². The molecule has 6 nitrogen and oxygen atoms in total. The molecule has 0 fully saturated rings. The van der Waals surface area contributed by atoms with E-state index in [-0.39, 0.29) is 0 Å². The molecule has 8 rings (SSSR count). The van der Waals surface area contributed by atoms with E-state index in [2.05, 4.69) is 175 Å². The molecule has 226 valence electrons. The Morgan fingerprint density at radius 3 is 0.625 bits per heavy atom. The topological polar surface area (TPSA) is 41.3 Å². The van der Waals surface area contributed by atoms with Crippen LogP contribution in [0.3, 0.4) is 0 Å². The molecule has 48 heavy (non-hydrogen) atoms. The number of nitrogens with zero attached hydrogens (tertiary/aromatic N) is 6. The molecule has 0 radical (unpaired) electrons. The smallest absolute Gasteiger partial charge is 0.211 e. The Kier molecular flexibility index (Phi) is 7.79. The summed E-state index contributed by atoms with van der Waals surface area (Å²) in [5, 5.41) is 0. The van der Waals surface area contributed by atoms with Crippen LogP contribution in [0.2, 0.25) is 0 Å². The van der Waals surface area contributed by atoms with Crippen LogP contribution in [-0.4, -0.2) is 9.97 Å². The maximum Gasteiger partial charge on any atom is 0.211 e. The SMILES string of the molecule is c1cc(-c2cc[n+](-c3ccc(-[n+]4ccc(-c5cc[n+](-c6ccc(-[n+]7ccc(-c8ccncc8)cc7)cc6)cc5)cc4)cc3)cc2)ccn1. The number of rotatable bonds is 7. The molecule has 6 aromatic heterocycles. The van der Waals surface area contributed by atoms with Crippen molar-refractivity contribution in [3.05, 3.63) is 196 Å². The van der Waals surface area contributed by atoms with Gasteiger partial charge in [-0.3, -0.25) is 9.97 Å². The summed E-state index contributed by atoms with van der Waals surface area (Å²) in [5.74, 6) is 0. The summed E-state index contributed by atoms with van der Waals surface area (Å²) >= 11 is 0. The minimum absolute atomic E-state index is 1.11. The second kappa shape index (κ2) is 13.0. The van der Waals surface area contributed by atoms with Gasteiger partial charge in [-0.1, -0.05) is 0 Å². The third kappa shape index (κ3) is 6.10. The predicted octanol–water partition coefficient (Wildman–Crippen LogP) is 6.58. The molecule has 6 heterocycles. The van der Waals surface area contributed by atoms with E-state index in [1.54, 1.807) is 0 Å². The summed E-state index contributed by atoms with van der Waals surface area (Å²) in [5.41, 5.74) is 11.4. The number of aromatic nitrogens is 6. The lowest BCUT2D eigenvalue weighted by molar-refractivity contribution is -0.599. The first-order chi connectivity index (χ1) is 23.8. The van der Waals surface area contributed by atoms with E-state index in [0.717, 1.165) is 33.9 Å². The molecule has 0 aliphatic rings. The van der Waals surface area contributed by atoms with Crippen LogP contribution in [0.1, 0.15) is 0 Å². The van der Waals surface area contributed by atoms with Crippen molar-refractivity contribution in [3.63, 3.8) is 0 Å². The van der Waals surface area contributed by atoms with Crippen LogP contribution in [0.25, 0.3) is 56.1 Å². The van der Waals surface area contributed by atoms with Crippen molar-refractivity contribution in [2.45, 2.75) is 0 Å². The average Bonchev–Trinajstić information content (AvgIpc) is 3.19. The fraction of sp³-hybridized carbons (Fsp3) is 0. The molecule has 2 aromatic carbocycles. The van der Waals surface area contributed by atoms with Crippen molar-refractivity contribution >= 4 is 0 Å². The molecule has 0 saturated carbocycles. The zero-order valence-electron chi connectivity index (χ0n) is 26.2. The van der Waals surface area contributed by atoms with Crippen LogP contribution in [-0.2, 0) is 0 Å². The molecule has 0 atom stereocenters. The normalized spacial score (nSPS) is 10.9. The third-order valence-electron chi connectivity index (χ3n) is 8.57. The maximum absolute atomic E-state index is 4.11. The van der Waals surface area contributed by atoms with Gasteiger partial charge in [-0.05, 0) is 57.6 Å². The Morgan fingerprint density at radius 2 is 0.417 bits per heavy atom. The summed E-state index contributed by atoms with van der Waals surface area (Å²) in [6.07, 6.45) is 24.1. The van der Waals surface area contributed by atoms with Crippen LogP contribution in [0, 0.1) is 0 Å². The van der Waals surface area contributed by atoms with Gasteiger partial charge >= 0.3 is 0 Å². The van der Waals surface area contributed by atoms with Crippen LogP contribution in [0.15, 0.2) is 196 Å². The molecule has 0 saturated heterocycles. The summed E-state index contributed by atoms with van der Waals surface area (Å²) < 4.78 is 8.53. The van der Waals surface area contributed by atoms with Gasteiger partial charge in [0.25, 0.3) is 0 Å². The number of pyridine rings is 6. The zero-order valence-corrected chi connectivity index (χ0v) is 26.2. The molecule has 6 heteroatoms. The number of hydrogen-bond acceptors (Lipinski definition) is 2. The summed E-state index contributed by atoms with van der Waals surface area (Å²) in [7, 11) is 0. The molecule has 0 aliphatic carbocycles. The minimum atomic E-state index is 1.11. The van der Waals surface area contributed by atoms with Gasteiger partial charge in [0.2, 0.25) is 22.7 Å². The van der Waals surface area contributed by atoms with Crippen molar-refractivity contribution in [2.24, 2.45) is 0 Å². The van der Waals surface area contributed by atoms with Gasteiger partial charge in [0.15, 0.2) is 49.6 Å². The Labute approximate surface area is 279 Å². The van der Waals surface area contributed by atoms with Crippen LogP contribution >= 0.6 is 0 Å². The minimum Gasteiger partial charge on any atom is -0.265 e. The Morgan fingerprint density at radius 1 is 0.229 bits per heavy atom. The van der Waals surface area contributed by atoms with Crippen molar-refractivity contribution in [1.82, 2.24) is 9.97 Å². The van der Waals surface area contributed by atoms with Crippen molar-refractivity contribution in [2.75, 3.05) is 0 Å². The summed E-state index contributed by atoms with van der Waals surface area (Å²) in [4.78, 5) is 8.22. The Hall–Kier alpha value is -6.66. The fourth-order valence-corrected chi connectivity index (χ4v) is 5.85. The molecular weight excluding hydrogens is 589 g/mol. The second-order valence-electron chi connectivity index (χ2n) is 11.5. The van der Waals surface area contributed by atoms with Crippen molar-refractivity contribution in [3.8, 4) is 56.1 Å². The summed E-state index contributed by atoms with van der Waals surface area (Å²) in [6, 6.07) is 42.4. The first kappa shape index (κ1) is 28.8. The molecule has 0 bridgehead atoms. The molecule has 8 aromatic rings. The van der Waals surface area contributed by atoms with Gasteiger partial charge in [0.1, 0.15) is 0 Å². The van der Waals surface area contributed by atoms with Gasteiger partial charge in [-0.25, -0.2) is 0 Å². The van der Waals surface area contributed by atoms with E-state index >= 15 is 0 Å². The summed E-state index contributed by atoms with van der Waals surface area (Å²) in [6.45, 7) is 0. The molecule has 0 aliphatic heterocycles. The average molecular weight is 621 g/mol. The maximum atomic E-state index is 4.11. The molecule has 0 spiro atoms. The van der Waals surface area contributed by atoms with E-state index < -0.39 is 0 Å². The number of hydrogen-bond donors (Lipinski definition) is 0. The lowest BCUT2D eigenvalue weighted by Gasteiger charge is -2.03. The lowest BCUT2D eigenvalue weighted by atomic mass is 10.1. The van der Waals surface area contributed by atoms with Crippen LogP contribution in [0.4, 0.5) is 0 Å². The first-order valence-corrected chi connectivity index (χ1v) is 15.8.